The second-order valence-corrected chi connectivity index (χ2v) is 3.15. The summed E-state index contributed by atoms with van der Waals surface area (Å²) in [5.74, 6) is -0.422. The smallest absolute Gasteiger partial charge is 0.405 e. The van der Waals surface area contributed by atoms with E-state index in [4.69, 9.17) is 11.6 Å². The number of ether oxygens (including phenoxy) is 1. The molecule has 0 aliphatic heterocycles. The van der Waals surface area contributed by atoms with E-state index >= 15 is 0 Å². The summed E-state index contributed by atoms with van der Waals surface area (Å²) in [6.07, 6.45) is -4.78. The standard InChI is InChI=1S/C9H6ClF3O2/c1-5-2-3-6(8(10)14)4-7(5)15-9(11,12)13/h2-4H,1H3. The summed E-state index contributed by atoms with van der Waals surface area (Å²) < 4.78 is 39.5. The number of carbonyl (C=O) groups is 1. The van der Waals surface area contributed by atoms with Crippen molar-refractivity contribution in [3.8, 4) is 5.75 Å². The van der Waals surface area contributed by atoms with Crippen LogP contribution in [0.2, 0.25) is 0 Å². The van der Waals surface area contributed by atoms with Gasteiger partial charge in [0.05, 0.1) is 0 Å². The summed E-state index contributed by atoms with van der Waals surface area (Å²) in [5, 5.41) is -0.831. The average molecular weight is 239 g/mol. The van der Waals surface area contributed by atoms with Crippen LogP contribution in [-0.2, 0) is 0 Å². The molecule has 0 fully saturated rings. The molecule has 0 radical (unpaired) electrons. The summed E-state index contributed by atoms with van der Waals surface area (Å²) in [6.45, 7) is 1.43. The molecule has 0 bridgehead atoms. The van der Waals surface area contributed by atoms with Crippen molar-refractivity contribution in [2.24, 2.45) is 0 Å². The van der Waals surface area contributed by atoms with E-state index in [9.17, 15) is 18.0 Å². The van der Waals surface area contributed by atoms with Gasteiger partial charge >= 0.3 is 6.36 Å². The SMILES string of the molecule is Cc1ccc(C(=O)Cl)cc1OC(F)(F)F. The first-order valence-electron chi connectivity index (χ1n) is 3.86. The van der Waals surface area contributed by atoms with Crippen LogP contribution >= 0.6 is 11.6 Å². The van der Waals surface area contributed by atoms with Crippen molar-refractivity contribution in [1.29, 1.82) is 0 Å². The minimum Gasteiger partial charge on any atom is -0.405 e. The third-order valence-corrected chi connectivity index (χ3v) is 1.86. The Bertz CT molecular complexity index is 387. The molecule has 0 heterocycles. The highest BCUT2D eigenvalue weighted by Crippen LogP contribution is 2.27. The van der Waals surface area contributed by atoms with Crippen molar-refractivity contribution in [1.82, 2.24) is 0 Å². The third kappa shape index (κ3) is 3.43. The van der Waals surface area contributed by atoms with Crippen molar-refractivity contribution < 1.29 is 22.7 Å². The topological polar surface area (TPSA) is 26.3 Å². The van der Waals surface area contributed by atoms with Gasteiger partial charge in [-0.15, -0.1) is 13.2 Å². The zero-order chi connectivity index (χ0) is 11.6. The van der Waals surface area contributed by atoms with Crippen LogP contribution in [0.3, 0.4) is 0 Å². The van der Waals surface area contributed by atoms with Crippen molar-refractivity contribution in [3.63, 3.8) is 0 Å². The largest absolute Gasteiger partial charge is 0.573 e. The zero-order valence-electron chi connectivity index (χ0n) is 7.56. The first-order chi connectivity index (χ1) is 6.79. The molecule has 0 N–H and O–H groups in total. The molecule has 2 nitrogen and oxygen atoms in total. The molecule has 0 spiro atoms. The summed E-state index contributed by atoms with van der Waals surface area (Å²) in [4.78, 5) is 10.7. The number of rotatable bonds is 2. The van der Waals surface area contributed by atoms with Gasteiger partial charge in [0.1, 0.15) is 5.75 Å². The van der Waals surface area contributed by atoms with Crippen LogP contribution in [0, 0.1) is 6.92 Å². The highest BCUT2D eigenvalue weighted by atomic mass is 35.5. The lowest BCUT2D eigenvalue weighted by Gasteiger charge is -2.11. The van der Waals surface area contributed by atoms with Gasteiger partial charge < -0.3 is 4.74 Å². The molecular formula is C9H6ClF3O2. The van der Waals surface area contributed by atoms with Crippen LogP contribution in [0.5, 0.6) is 5.75 Å². The van der Waals surface area contributed by atoms with Gasteiger partial charge in [-0.3, -0.25) is 4.79 Å². The molecule has 0 saturated heterocycles. The molecule has 1 aromatic carbocycles. The van der Waals surface area contributed by atoms with E-state index in [0.29, 0.717) is 0 Å². The van der Waals surface area contributed by atoms with E-state index in [0.717, 1.165) is 6.07 Å². The van der Waals surface area contributed by atoms with Crippen LogP contribution in [-0.4, -0.2) is 11.6 Å². The molecule has 0 saturated carbocycles. The van der Waals surface area contributed by atoms with Crippen molar-refractivity contribution in [3.05, 3.63) is 29.3 Å². The predicted octanol–water partition coefficient (Wildman–Crippen LogP) is 3.27. The number of carbonyl (C=O) groups excluding carboxylic acids is 1. The molecule has 15 heavy (non-hydrogen) atoms. The Morgan fingerprint density at radius 3 is 2.47 bits per heavy atom. The minimum absolute atomic E-state index is 0.0403. The van der Waals surface area contributed by atoms with Crippen molar-refractivity contribution in [2.75, 3.05) is 0 Å². The van der Waals surface area contributed by atoms with Gasteiger partial charge in [-0.25, -0.2) is 0 Å². The molecule has 0 aliphatic rings. The van der Waals surface area contributed by atoms with E-state index in [1.54, 1.807) is 0 Å². The molecule has 82 valence electrons. The number of aryl methyl sites for hydroxylation is 1. The van der Waals surface area contributed by atoms with Crippen LogP contribution < -0.4 is 4.74 Å². The second-order valence-electron chi connectivity index (χ2n) is 2.80. The molecule has 6 heteroatoms. The van der Waals surface area contributed by atoms with Gasteiger partial charge in [0, 0.05) is 5.56 Å². The first kappa shape index (κ1) is 11.8. The normalized spacial score (nSPS) is 11.3. The number of hydrogen-bond acceptors (Lipinski definition) is 2. The summed E-state index contributed by atoms with van der Waals surface area (Å²) in [6, 6.07) is 3.61. The van der Waals surface area contributed by atoms with Gasteiger partial charge in [0.25, 0.3) is 5.24 Å². The monoisotopic (exact) mass is 238 g/mol. The molecule has 0 atom stereocenters. The van der Waals surface area contributed by atoms with Gasteiger partial charge in [-0.1, -0.05) is 6.07 Å². The van der Waals surface area contributed by atoms with E-state index in [1.165, 1.54) is 19.1 Å². The Labute approximate surface area is 88.6 Å². The summed E-state index contributed by atoms with van der Waals surface area (Å²) in [7, 11) is 0. The van der Waals surface area contributed by atoms with Gasteiger partial charge in [-0.2, -0.15) is 0 Å². The number of hydrogen-bond donors (Lipinski definition) is 0. The second kappa shape index (κ2) is 4.10. The Morgan fingerprint density at radius 2 is 2.00 bits per heavy atom. The quantitative estimate of drug-likeness (QED) is 0.739. The zero-order valence-corrected chi connectivity index (χ0v) is 8.32. The van der Waals surface area contributed by atoms with E-state index in [1.807, 2.05) is 0 Å². The third-order valence-electron chi connectivity index (χ3n) is 1.64. The van der Waals surface area contributed by atoms with Gasteiger partial charge in [-0.05, 0) is 36.2 Å². The molecule has 0 unspecified atom stereocenters. The molecule has 0 aliphatic carbocycles. The average Bonchev–Trinajstić information content (AvgIpc) is 2.06. The Balaban J connectivity index is 3.06. The summed E-state index contributed by atoms with van der Waals surface area (Å²) >= 11 is 5.12. The Kier molecular flexibility index (Phi) is 3.24. The maximum absolute atomic E-state index is 11.9. The lowest BCUT2D eigenvalue weighted by Crippen LogP contribution is -2.18. The van der Waals surface area contributed by atoms with Gasteiger partial charge in [0.15, 0.2) is 0 Å². The van der Waals surface area contributed by atoms with Crippen LogP contribution in [0.1, 0.15) is 15.9 Å². The van der Waals surface area contributed by atoms with Crippen molar-refractivity contribution >= 4 is 16.8 Å². The number of alkyl halides is 3. The fourth-order valence-corrected chi connectivity index (χ4v) is 1.07. The maximum atomic E-state index is 11.9. The lowest BCUT2D eigenvalue weighted by molar-refractivity contribution is -0.274. The molecule has 0 amide bonds. The Hall–Kier alpha value is -1.23. The fourth-order valence-electron chi connectivity index (χ4n) is 0.957. The molecule has 1 aromatic rings. The molecule has 1 rings (SSSR count). The highest BCUT2D eigenvalue weighted by Gasteiger charge is 2.31. The molecule has 0 aromatic heterocycles. The van der Waals surface area contributed by atoms with Crippen LogP contribution in [0.25, 0.3) is 0 Å². The van der Waals surface area contributed by atoms with Crippen LogP contribution in [0.15, 0.2) is 18.2 Å². The fraction of sp³-hybridized carbons (Fsp3) is 0.222. The highest BCUT2D eigenvalue weighted by molar-refractivity contribution is 6.67. The van der Waals surface area contributed by atoms with E-state index < -0.39 is 17.4 Å². The lowest BCUT2D eigenvalue weighted by atomic mass is 10.1. The van der Waals surface area contributed by atoms with Gasteiger partial charge in [0.2, 0.25) is 0 Å². The number of halogens is 4. The number of benzene rings is 1. The Morgan fingerprint density at radius 1 is 1.40 bits per heavy atom. The summed E-state index contributed by atoms with van der Waals surface area (Å²) in [5.41, 5.74) is 0.232. The predicted molar refractivity (Wildman–Crippen MR) is 48.0 cm³/mol. The maximum Gasteiger partial charge on any atom is 0.573 e. The van der Waals surface area contributed by atoms with Crippen molar-refractivity contribution in [2.45, 2.75) is 13.3 Å². The van der Waals surface area contributed by atoms with E-state index in [-0.39, 0.29) is 11.1 Å². The first-order valence-corrected chi connectivity index (χ1v) is 4.23. The van der Waals surface area contributed by atoms with E-state index in [2.05, 4.69) is 4.74 Å². The minimum atomic E-state index is -4.78. The van der Waals surface area contributed by atoms with Crippen LogP contribution in [0.4, 0.5) is 13.2 Å². The molecular weight excluding hydrogens is 233 g/mol.